The maximum absolute atomic E-state index is 5.73. The van der Waals surface area contributed by atoms with Crippen molar-refractivity contribution in [3.8, 4) is 5.75 Å². The van der Waals surface area contributed by atoms with Gasteiger partial charge in [-0.25, -0.2) is 4.98 Å². The van der Waals surface area contributed by atoms with Crippen molar-refractivity contribution < 1.29 is 4.74 Å². The zero-order chi connectivity index (χ0) is 13.5. The van der Waals surface area contributed by atoms with Crippen LogP contribution < -0.4 is 10.1 Å². The SMILES string of the molecule is CCCNc1ccc(COc2cccc(C)c2)cn1. The Morgan fingerprint density at radius 3 is 2.79 bits per heavy atom. The summed E-state index contributed by atoms with van der Waals surface area (Å²) in [4.78, 5) is 4.35. The van der Waals surface area contributed by atoms with Crippen LogP contribution in [0.3, 0.4) is 0 Å². The van der Waals surface area contributed by atoms with Gasteiger partial charge in [-0.05, 0) is 37.1 Å². The van der Waals surface area contributed by atoms with Crippen molar-refractivity contribution in [3.63, 3.8) is 0 Å². The molecule has 0 unspecified atom stereocenters. The summed E-state index contributed by atoms with van der Waals surface area (Å²) in [5.74, 6) is 1.81. The van der Waals surface area contributed by atoms with Gasteiger partial charge in [0.15, 0.2) is 0 Å². The molecule has 2 aromatic rings. The molecule has 0 aliphatic rings. The molecule has 1 aromatic heterocycles. The molecular weight excluding hydrogens is 236 g/mol. The molecule has 0 saturated heterocycles. The molecule has 0 spiro atoms. The molecule has 19 heavy (non-hydrogen) atoms. The van der Waals surface area contributed by atoms with Crippen LogP contribution in [-0.4, -0.2) is 11.5 Å². The van der Waals surface area contributed by atoms with Crippen LogP contribution in [0.5, 0.6) is 5.75 Å². The Morgan fingerprint density at radius 1 is 1.21 bits per heavy atom. The first kappa shape index (κ1) is 13.4. The second-order valence-corrected chi connectivity index (χ2v) is 4.58. The minimum absolute atomic E-state index is 0.546. The molecule has 1 N–H and O–H groups in total. The number of hydrogen-bond donors (Lipinski definition) is 1. The van der Waals surface area contributed by atoms with Gasteiger partial charge in [0.25, 0.3) is 0 Å². The normalized spacial score (nSPS) is 10.2. The second kappa shape index (κ2) is 6.78. The molecule has 0 radical (unpaired) electrons. The van der Waals surface area contributed by atoms with Gasteiger partial charge in [-0.3, -0.25) is 0 Å². The van der Waals surface area contributed by atoms with E-state index < -0.39 is 0 Å². The Labute approximate surface area is 114 Å². The number of aromatic nitrogens is 1. The molecular formula is C16H20N2O. The minimum Gasteiger partial charge on any atom is -0.489 e. The number of nitrogens with one attached hydrogen (secondary N) is 1. The summed E-state index contributed by atoms with van der Waals surface area (Å²) >= 11 is 0. The molecule has 3 nitrogen and oxygen atoms in total. The van der Waals surface area contributed by atoms with Gasteiger partial charge in [-0.1, -0.05) is 25.1 Å². The van der Waals surface area contributed by atoms with E-state index >= 15 is 0 Å². The summed E-state index contributed by atoms with van der Waals surface area (Å²) in [6, 6.07) is 12.1. The number of anilines is 1. The van der Waals surface area contributed by atoms with Crippen molar-refractivity contribution in [1.29, 1.82) is 0 Å². The molecule has 0 bridgehead atoms. The molecule has 0 atom stereocenters. The van der Waals surface area contributed by atoms with Gasteiger partial charge in [-0.15, -0.1) is 0 Å². The van der Waals surface area contributed by atoms with Crippen LogP contribution in [0.25, 0.3) is 0 Å². The van der Waals surface area contributed by atoms with Crippen LogP contribution in [0, 0.1) is 6.92 Å². The van der Waals surface area contributed by atoms with E-state index in [-0.39, 0.29) is 0 Å². The van der Waals surface area contributed by atoms with Crippen molar-refractivity contribution in [3.05, 3.63) is 53.7 Å². The van der Waals surface area contributed by atoms with Gasteiger partial charge >= 0.3 is 0 Å². The maximum atomic E-state index is 5.73. The van der Waals surface area contributed by atoms with E-state index in [2.05, 4.69) is 30.2 Å². The largest absolute Gasteiger partial charge is 0.489 e. The van der Waals surface area contributed by atoms with Gasteiger partial charge in [-0.2, -0.15) is 0 Å². The number of aryl methyl sites for hydroxylation is 1. The molecule has 0 fully saturated rings. The predicted octanol–water partition coefficient (Wildman–Crippen LogP) is 3.79. The van der Waals surface area contributed by atoms with Gasteiger partial charge < -0.3 is 10.1 Å². The van der Waals surface area contributed by atoms with E-state index in [0.717, 1.165) is 30.1 Å². The van der Waals surface area contributed by atoms with Crippen molar-refractivity contribution in [1.82, 2.24) is 4.98 Å². The topological polar surface area (TPSA) is 34.1 Å². The summed E-state index contributed by atoms with van der Waals surface area (Å²) < 4.78 is 5.73. The van der Waals surface area contributed by atoms with Crippen molar-refractivity contribution in [2.75, 3.05) is 11.9 Å². The Balaban J connectivity index is 1.89. The number of pyridine rings is 1. The highest BCUT2D eigenvalue weighted by molar-refractivity contribution is 5.35. The van der Waals surface area contributed by atoms with E-state index in [4.69, 9.17) is 4.74 Å². The fourth-order valence-corrected chi connectivity index (χ4v) is 1.74. The number of hydrogen-bond acceptors (Lipinski definition) is 3. The quantitative estimate of drug-likeness (QED) is 0.853. The Bertz CT molecular complexity index is 508. The first-order valence-electron chi connectivity index (χ1n) is 6.66. The lowest BCUT2D eigenvalue weighted by atomic mass is 10.2. The van der Waals surface area contributed by atoms with Crippen LogP contribution in [0.1, 0.15) is 24.5 Å². The zero-order valence-corrected chi connectivity index (χ0v) is 11.5. The van der Waals surface area contributed by atoms with Crippen molar-refractivity contribution >= 4 is 5.82 Å². The minimum atomic E-state index is 0.546. The average molecular weight is 256 g/mol. The molecule has 100 valence electrons. The molecule has 2 rings (SSSR count). The molecule has 0 aliphatic heterocycles. The van der Waals surface area contributed by atoms with Gasteiger partial charge in [0.05, 0.1) is 0 Å². The first-order valence-corrected chi connectivity index (χ1v) is 6.66. The zero-order valence-electron chi connectivity index (χ0n) is 11.5. The predicted molar refractivity (Wildman–Crippen MR) is 78.5 cm³/mol. The third-order valence-electron chi connectivity index (χ3n) is 2.78. The van der Waals surface area contributed by atoms with Gasteiger partial charge in [0.2, 0.25) is 0 Å². The molecule has 3 heteroatoms. The number of rotatable bonds is 6. The third kappa shape index (κ3) is 4.28. The lowest BCUT2D eigenvalue weighted by molar-refractivity contribution is 0.305. The van der Waals surface area contributed by atoms with Gasteiger partial charge in [0.1, 0.15) is 18.2 Å². The van der Waals surface area contributed by atoms with Crippen molar-refractivity contribution in [2.24, 2.45) is 0 Å². The second-order valence-electron chi connectivity index (χ2n) is 4.58. The summed E-state index contributed by atoms with van der Waals surface area (Å²) in [6.07, 6.45) is 2.95. The average Bonchev–Trinajstić information content (AvgIpc) is 2.44. The standard InChI is InChI=1S/C16H20N2O/c1-3-9-17-16-8-7-14(11-18-16)12-19-15-6-4-5-13(2)10-15/h4-8,10-11H,3,9,12H2,1-2H3,(H,17,18). The van der Waals surface area contributed by atoms with Crippen LogP contribution in [0.15, 0.2) is 42.6 Å². The summed E-state index contributed by atoms with van der Waals surface area (Å²) in [7, 11) is 0. The fourth-order valence-electron chi connectivity index (χ4n) is 1.74. The third-order valence-corrected chi connectivity index (χ3v) is 2.78. The number of nitrogens with zero attached hydrogens (tertiary/aromatic N) is 1. The summed E-state index contributed by atoms with van der Waals surface area (Å²) in [5.41, 5.74) is 2.28. The first-order chi connectivity index (χ1) is 9.28. The van der Waals surface area contributed by atoms with Crippen LogP contribution in [0.4, 0.5) is 5.82 Å². The Morgan fingerprint density at radius 2 is 2.11 bits per heavy atom. The highest BCUT2D eigenvalue weighted by Crippen LogP contribution is 2.14. The summed E-state index contributed by atoms with van der Waals surface area (Å²) in [6.45, 7) is 5.69. The van der Waals surface area contributed by atoms with E-state index in [0.29, 0.717) is 6.61 Å². The van der Waals surface area contributed by atoms with Crippen LogP contribution in [-0.2, 0) is 6.61 Å². The lowest BCUT2D eigenvalue weighted by Crippen LogP contribution is -2.02. The number of ether oxygens (including phenoxy) is 1. The van der Waals surface area contributed by atoms with E-state index in [1.54, 1.807) is 0 Å². The van der Waals surface area contributed by atoms with E-state index in [1.165, 1.54) is 5.56 Å². The molecule has 1 heterocycles. The highest BCUT2D eigenvalue weighted by Gasteiger charge is 1.98. The molecule has 0 aliphatic carbocycles. The fraction of sp³-hybridized carbons (Fsp3) is 0.312. The maximum Gasteiger partial charge on any atom is 0.125 e. The molecule has 0 amide bonds. The van der Waals surface area contributed by atoms with Gasteiger partial charge in [0, 0.05) is 18.3 Å². The van der Waals surface area contributed by atoms with Crippen LogP contribution >= 0.6 is 0 Å². The molecule has 0 saturated carbocycles. The highest BCUT2D eigenvalue weighted by atomic mass is 16.5. The Hall–Kier alpha value is -2.03. The van der Waals surface area contributed by atoms with Crippen LogP contribution in [0.2, 0.25) is 0 Å². The molecule has 1 aromatic carbocycles. The van der Waals surface area contributed by atoms with E-state index in [9.17, 15) is 0 Å². The summed E-state index contributed by atoms with van der Waals surface area (Å²) in [5, 5.41) is 3.25. The Kier molecular flexibility index (Phi) is 4.78. The smallest absolute Gasteiger partial charge is 0.125 e. The number of benzene rings is 1. The van der Waals surface area contributed by atoms with E-state index in [1.807, 2.05) is 36.5 Å². The lowest BCUT2D eigenvalue weighted by Gasteiger charge is -2.08. The van der Waals surface area contributed by atoms with Crippen molar-refractivity contribution in [2.45, 2.75) is 26.9 Å². The monoisotopic (exact) mass is 256 g/mol.